The maximum Gasteiger partial charge on any atom is 0.267 e. The Morgan fingerprint density at radius 1 is 1.08 bits per heavy atom. The molecule has 1 atom stereocenters. The summed E-state index contributed by atoms with van der Waals surface area (Å²) in [7, 11) is 0. The molecule has 0 saturated heterocycles. The highest BCUT2D eigenvalue weighted by Gasteiger charge is 2.11. The van der Waals surface area contributed by atoms with Crippen LogP contribution in [0.2, 0.25) is 0 Å². The second kappa shape index (κ2) is 9.16. The number of nitrogens with zero attached hydrogens (tertiary/aromatic N) is 2. The van der Waals surface area contributed by atoms with Crippen LogP contribution in [0.3, 0.4) is 0 Å². The lowest BCUT2D eigenvalue weighted by atomic mass is 10.0. The average molecular weight is 341 g/mol. The van der Waals surface area contributed by atoms with E-state index in [9.17, 15) is 9.59 Å². The van der Waals surface area contributed by atoms with Crippen molar-refractivity contribution in [1.29, 1.82) is 0 Å². The third kappa shape index (κ3) is 6.18. The van der Waals surface area contributed by atoms with Crippen LogP contribution in [0.15, 0.2) is 47.3 Å². The van der Waals surface area contributed by atoms with Gasteiger partial charge in [0.2, 0.25) is 5.91 Å². The largest absolute Gasteiger partial charge is 0.352 e. The third-order valence-corrected chi connectivity index (χ3v) is 4.06. The minimum atomic E-state index is -0.276. The first-order valence-corrected chi connectivity index (χ1v) is 8.88. The van der Waals surface area contributed by atoms with Gasteiger partial charge < -0.3 is 5.32 Å². The van der Waals surface area contributed by atoms with Crippen molar-refractivity contribution in [3.63, 3.8) is 0 Å². The van der Waals surface area contributed by atoms with Gasteiger partial charge in [-0.2, -0.15) is 5.10 Å². The number of carbonyl (C=O) groups excluding carboxylic acids is 1. The quantitative estimate of drug-likeness (QED) is 0.802. The van der Waals surface area contributed by atoms with Gasteiger partial charge in [0, 0.05) is 17.7 Å². The van der Waals surface area contributed by atoms with Crippen LogP contribution in [0.25, 0.3) is 11.3 Å². The summed E-state index contributed by atoms with van der Waals surface area (Å²) in [4.78, 5) is 24.2. The fourth-order valence-electron chi connectivity index (χ4n) is 2.69. The SMILES string of the molecule is CC(C)CCCC(C)NC(=O)Cn1nc(-c2ccccc2)ccc1=O. The van der Waals surface area contributed by atoms with Crippen LogP contribution in [-0.4, -0.2) is 21.7 Å². The van der Waals surface area contributed by atoms with E-state index in [4.69, 9.17) is 0 Å². The molecule has 0 saturated carbocycles. The first-order chi connectivity index (χ1) is 12.0. The molecule has 1 aromatic carbocycles. The summed E-state index contributed by atoms with van der Waals surface area (Å²) in [5, 5.41) is 7.27. The number of hydrogen-bond acceptors (Lipinski definition) is 3. The van der Waals surface area contributed by atoms with E-state index in [1.165, 1.54) is 10.7 Å². The van der Waals surface area contributed by atoms with Crippen LogP contribution < -0.4 is 10.9 Å². The summed E-state index contributed by atoms with van der Waals surface area (Å²) in [6.45, 7) is 6.32. The number of carbonyl (C=O) groups is 1. The second-order valence-electron chi connectivity index (χ2n) is 6.87. The van der Waals surface area contributed by atoms with Crippen LogP contribution in [0, 0.1) is 5.92 Å². The van der Waals surface area contributed by atoms with Crippen LogP contribution >= 0.6 is 0 Å². The van der Waals surface area contributed by atoms with Crippen LogP contribution in [-0.2, 0) is 11.3 Å². The van der Waals surface area contributed by atoms with Crippen molar-refractivity contribution >= 4 is 5.91 Å². The molecule has 0 bridgehead atoms. The second-order valence-corrected chi connectivity index (χ2v) is 6.87. The summed E-state index contributed by atoms with van der Waals surface area (Å²) >= 11 is 0. The molecule has 134 valence electrons. The molecule has 1 unspecified atom stereocenters. The van der Waals surface area contributed by atoms with E-state index in [1.54, 1.807) is 6.07 Å². The van der Waals surface area contributed by atoms with Crippen molar-refractivity contribution in [3.05, 3.63) is 52.8 Å². The molecule has 1 amide bonds. The van der Waals surface area contributed by atoms with Gasteiger partial charge in [-0.15, -0.1) is 0 Å². The number of nitrogens with one attached hydrogen (secondary N) is 1. The highest BCUT2D eigenvalue weighted by Crippen LogP contribution is 2.14. The molecule has 5 nitrogen and oxygen atoms in total. The molecule has 25 heavy (non-hydrogen) atoms. The lowest BCUT2D eigenvalue weighted by Crippen LogP contribution is -2.38. The number of aromatic nitrogens is 2. The first-order valence-electron chi connectivity index (χ1n) is 8.88. The lowest BCUT2D eigenvalue weighted by Gasteiger charge is -2.15. The van der Waals surface area contributed by atoms with Gasteiger partial charge in [0.15, 0.2) is 0 Å². The zero-order valence-corrected chi connectivity index (χ0v) is 15.2. The summed E-state index contributed by atoms with van der Waals surface area (Å²) in [6, 6.07) is 12.8. The molecule has 0 aliphatic rings. The monoisotopic (exact) mass is 341 g/mol. The van der Waals surface area contributed by atoms with Gasteiger partial charge in [-0.3, -0.25) is 9.59 Å². The molecular weight excluding hydrogens is 314 g/mol. The molecule has 0 aliphatic heterocycles. The van der Waals surface area contributed by atoms with Gasteiger partial charge in [0.05, 0.1) is 5.69 Å². The summed E-state index contributed by atoms with van der Waals surface area (Å²) in [5.41, 5.74) is 1.32. The zero-order chi connectivity index (χ0) is 18.2. The highest BCUT2D eigenvalue weighted by molar-refractivity contribution is 5.76. The molecule has 0 fully saturated rings. The molecule has 2 rings (SSSR count). The van der Waals surface area contributed by atoms with Crippen molar-refractivity contribution in [2.45, 2.75) is 52.6 Å². The van der Waals surface area contributed by atoms with Crippen LogP contribution in [0.5, 0.6) is 0 Å². The normalized spacial score (nSPS) is 12.2. The Labute approximate surface area is 149 Å². The minimum Gasteiger partial charge on any atom is -0.352 e. The summed E-state index contributed by atoms with van der Waals surface area (Å²) < 4.78 is 1.22. The molecule has 0 aliphatic carbocycles. The van der Waals surface area contributed by atoms with Crippen molar-refractivity contribution in [2.24, 2.45) is 5.92 Å². The van der Waals surface area contributed by atoms with E-state index in [0.717, 1.165) is 24.8 Å². The Hall–Kier alpha value is -2.43. The van der Waals surface area contributed by atoms with Crippen LogP contribution in [0.4, 0.5) is 0 Å². The molecular formula is C20H27N3O2. The summed E-state index contributed by atoms with van der Waals surface area (Å²) in [6.07, 6.45) is 3.18. The van der Waals surface area contributed by atoms with Crippen molar-refractivity contribution in [1.82, 2.24) is 15.1 Å². The smallest absolute Gasteiger partial charge is 0.267 e. The van der Waals surface area contributed by atoms with E-state index in [0.29, 0.717) is 11.6 Å². The maximum atomic E-state index is 12.2. The van der Waals surface area contributed by atoms with E-state index in [-0.39, 0.29) is 24.1 Å². The Morgan fingerprint density at radius 3 is 2.48 bits per heavy atom. The maximum absolute atomic E-state index is 12.2. The molecule has 1 heterocycles. The predicted octanol–water partition coefficient (Wildman–Crippen LogP) is 3.24. The van der Waals surface area contributed by atoms with Gasteiger partial charge in [0.25, 0.3) is 5.56 Å². The standard InChI is InChI=1S/C20H27N3O2/c1-15(2)8-7-9-16(3)21-19(24)14-23-20(25)13-12-18(22-23)17-10-5-4-6-11-17/h4-6,10-13,15-16H,7-9,14H2,1-3H3,(H,21,24). The topological polar surface area (TPSA) is 64.0 Å². The highest BCUT2D eigenvalue weighted by atomic mass is 16.2. The fraction of sp³-hybridized carbons (Fsp3) is 0.450. The number of hydrogen-bond donors (Lipinski definition) is 1. The lowest BCUT2D eigenvalue weighted by molar-refractivity contribution is -0.122. The molecule has 0 spiro atoms. The van der Waals surface area contributed by atoms with Crippen molar-refractivity contribution in [3.8, 4) is 11.3 Å². The Balaban J connectivity index is 1.97. The van der Waals surface area contributed by atoms with E-state index in [1.807, 2.05) is 37.3 Å². The van der Waals surface area contributed by atoms with Gasteiger partial charge >= 0.3 is 0 Å². The Morgan fingerprint density at radius 2 is 1.80 bits per heavy atom. The first kappa shape index (κ1) is 18.9. The molecule has 0 radical (unpaired) electrons. The number of rotatable bonds is 8. The van der Waals surface area contributed by atoms with Crippen molar-refractivity contribution in [2.75, 3.05) is 0 Å². The van der Waals surface area contributed by atoms with E-state index >= 15 is 0 Å². The van der Waals surface area contributed by atoms with Crippen LogP contribution in [0.1, 0.15) is 40.0 Å². The molecule has 2 aromatic rings. The third-order valence-electron chi connectivity index (χ3n) is 4.06. The molecule has 1 N–H and O–H groups in total. The number of amides is 1. The zero-order valence-electron chi connectivity index (χ0n) is 15.2. The van der Waals surface area contributed by atoms with Gasteiger partial charge in [-0.25, -0.2) is 4.68 Å². The Bertz CT molecular complexity index is 738. The molecule has 5 heteroatoms. The van der Waals surface area contributed by atoms with E-state index < -0.39 is 0 Å². The fourth-order valence-corrected chi connectivity index (χ4v) is 2.69. The van der Waals surface area contributed by atoms with Gasteiger partial charge in [-0.1, -0.05) is 57.0 Å². The molecule has 1 aromatic heterocycles. The van der Waals surface area contributed by atoms with Gasteiger partial charge in [0.1, 0.15) is 6.54 Å². The summed E-state index contributed by atoms with van der Waals surface area (Å²) in [5.74, 6) is 0.489. The minimum absolute atomic E-state index is 0.0615. The Kier molecular flexibility index (Phi) is 6.92. The predicted molar refractivity (Wildman–Crippen MR) is 100 cm³/mol. The van der Waals surface area contributed by atoms with Crippen molar-refractivity contribution < 1.29 is 4.79 Å². The van der Waals surface area contributed by atoms with E-state index in [2.05, 4.69) is 24.3 Å². The van der Waals surface area contributed by atoms with Gasteiger partial charge in [-0.05, 0) is 25.3 Å². The number of benzene rings is 1. The average Bonchev–Trinajstić information content (AvgIpc) is 2.57.